The summed E-state index contributed by atoms with van der Waals surface area (Å²) in [7, 11) is 0. The molecule has 2 aliphatic rings. The van der Waals surface area contributed by atoms with E-state index >= 15 is 0 Å². The van der Waals surface area contributed by atoms with Crippen LogP contribution in [0.2, 0.25) is 0 Å². The number of rotatable bonds is 2. The van der Waals surface area contributed by atoms with Gasteiger partial charge in [0.2, 0.25) is 0 Å². The topological polar surface area (TPSA) is 94.8 Å². The average molecular weight is 455 g/mol. The number of benzene rings is 1. The third-order valence-electron chi connectivity index (χ3n) is 5.30. The zero-order valence-corrected chi connectivity index (χ0v) is 17.0. The van der Waals surface area contributed by atoms with Gasteiger partial charge in [-0.1, -0.05) is 17.3 Å². The molecule has 1 aromatic heterocycles. The van der Waals surface area contributed by atoms with E-state index in [1.165, 1.54) is 0 Å². The van der Waals surface area contributed by atoms with Crippen molar-refractivity contribution >= 4 is 32.2 Å². The summed E-state index contributed by atoms with van der Waals surface area (Å²) in [5, 5.41) is 11.1. The Balaban J connectivity index is 1.80. The van der Waals surface area contributed by atoms with Gasteiger partial charge in [0, 0.05) is 32.0 Å². The van der Waals surface area contributed by atoms with Gasteiger partial charge in [-0.05, 0) is 6.92 Å². The van der Waals surface area contributed by atoms with Crippen LogP contribution in [0.3, 0.4) is 0 Å². The maximum atomic E-state index is 13.4. The van der Waals surface area contributed by atoms with Gasteiger partial charge in [0.25, 0.3) is 11.2 Å². The predicted molar refractivity (Wildman–Crippen MR) is 106 cm³/mol. The van der Waals surface area contributed by atoms with E-state index in [-0.39, 0.29) is 15.9 Å². The molecule has 164 valence electrons. The minimum atomic E-state index is -4.96. The molecule has 8 nitrogen and oxygen atoms in total. The summed E-state index contributed by atoms with van der Waals surface area (Å²) < 4.78 is 51.6. The van der Waals surface area contributed by atoms with E-state index in [2.05, 4.69) is 4.98 Å². The van der Waals surface area contributed by atoms with E-state index < -0.39 is 44.6 Å². The monoisotopic (exact) mass is 455 g/mol. The number of terminal acetylenes is 1. The van der Waals surface area contributed by atoms with Gasteiger partial charge < -0.3 is 14.4 Å². The van der Waals surface area contributed by atoms with Gasteiger partial charge in [-0.2, -0.15) is 18.2 Å². The van der Waals surface area contributed by atoms with Gasteiger partial charge in [0.15, 0.2) is 10.9 Å². The van der Waals surface area contributed by atoms with Crippen LogP contribution in [0.4, 0.5) is 24.0 Å². The Hall–Kier alpha value is -2.75. The number of fused-ring (bicyclic) bond motifs is 1. The molecule has 12 heteroatoms. The SMILES string of the molecule is C#Cc1c(C(F)(F)F)cc([N+](=O)[O-])c2sc(N3CCC4(CC3)OCC(C)O4)nc(=O)c12. The maximum Gasteiger partial charge on any atom is 0.417 e. The quantitative estimate of drug-likeness (QED) is 0.390. The fourth-order valence-electron chi connectivity index (χ4n) is 3.86. The fourth-order valence-corrected chi connectivity index (χ4v) is 5.02. The summed E-state index contributed by atoms with van der Waals surface area (Å²) in [5.74, 6) is 1.16. The largest absolute Gasteiger partial charge is 0.417 e. The lowest BCUT2D eigenvalue weighted by molar-refractivity contribution is -0.383. The Morgan fingerprint density at radius 2 is 2.10 bits per heavy atom. The van der Waals surface area contributed by atoms with E-state index in [0.29, 0.717) is 38.6 Å². The van der Waals surface area contributed by atoms with Crippen LogP contribution in [0.25, 0.3) is 10.1 Å². The molecule has 2 aromatic rings. The van der Waals surface area contributed by atoms with E-state index in [4.69, 9.17) is 15.9 Å². The van der Waals surface area contributed by atoms with Crippen LogP contribution in [0.15, 0.2) is 10.9 Å². The van der Waals surface area contributed by atoms with E-state index in [0.717, 1.165) is 11.3 Å². The molecule has 1 atom stereocenters. The number of aromatic nitrogens is 1. The van der Waals surface area contributed by atoms with Crippen molar-refractivity contribution in [3.63, 3.8) is 0 Å². The zero-order chi connectivity index (χ0) is 22.6. The summed E-state index contributed by atoms with van der Waals surface area (Å²) in [6.07, 6.45) is 1.23. The number of non-ortho nitro benzene ring substituents is 1. The second-order valence-corrected chi connectivity index (χ2v) is 8.34. The van der Waals surface area contributed by atoms with Crippen LogP contribution in [-0.4, -0.2) is 41.5 Å². The van der Waals surface area contributed by atoms with Gasteiger partial charge in [-0.25, -0.2) is 0 Å². The second kappa shape index (κ2) is 7.44. The molecular formula is C19H16F3N3O5S. The lowest BCUT2D eigenvalue weighted by Gasteiger charge is -2.38. The molecule has 3 heterocycles. The molecule has 0 bridgehead atoms. The molecule has 2 aliphatic heterocycles. The Morgan fingerprint density at radius 3 is 2.61 bits per heavy atom. The molecular weight excluding hydrogens is 439 g/mol. The molecule has 1 spiro atoms. The number of piperidine rings is 1. The average Bonchev–Trinajstić information content (AvgIpc) is 3.06. The number of ether oxygens (including phenoxy) is 2. The Morgan fingerprint density at radius 1 is 1.42 bits per heavy atom. The minimum Gasteiger partial charge on any atom is -0.348 e. The first-order valence-electron chi connectivity index (χ1n) is 9.31. The Kier molecular flexibility index (Phi) is 5.15. The lowest BCUT2D eigenvalue weighted by Crippen LogP contribution is -2.45. The van der Waals surface area contributed by atoms with Crippen LogP contribution in [-0.2, 0) is 15.7 Å². The highest BCUT2D eigenvalue weighted by Gasteiger charge is 2.43. The van der Waals surface area contributed by atoms with Gasteiger partial charge in [0.1, 0.15) is 4.70 Å². The smallest absolute Gasteiger partial charge is 0.348 e. The van der Waals surface area contributed by atoms with Crippen molar-refractivity contribution in [1.29, 1.82) is 0 Å². The summed E-state index contributed by atoms with van der Waals surface area (Å²) in [5.41, 5.74) is -4.02. The van der Waals surface area contributed by atoms with Gasteiger partial charge in [-0.3, -0.25) is 14.9 Å². The van der Waals surface area contributed by atoms with Crippen LogP contribution < -0.4 is 10.5 Å². The highest BCUT2D eigenvalue weighted by molar-refractivity contribution is 7.22. The normalized spacial score (nSPS) is 20.9. The third kappa shape index (κ3) is 3.73. The van der Waals surface area contributed by atoms with Gasteiger partial charge >= 0.3 is 6.18 Å². The van der Waals surface area contributed by atoms with Crippen molar-refractivity contribution in [2.24, 2.45) is 0 Å². The molecule has 1 unspecified atom stereocenters. The van der Waals surface area contributed by atoms with Crippen LogP contribution in [0.1, 0.15) is 30.9 Å². The molecule has 0 saturated carbocycles. The van der Waals surface area contributed by atoms with E-state index in [1.54, 1.807) is 4.90 Å². The lowest BCUT2D eigenvalue weighted by atomic mass is 10.0. The van der Waals surface area contributed by atoms with Crippen molar-refractivity contribution in [2.45, 2.75) is 37.8 Å². The van der Waals surface area contributed by atoms with Gasteiger partial charge in [0.05, 0.1) is 34.1 Å². The number of alkyl halides is 3. The van der Waals surface area contributed by atoms with E-state index in [1.807, 2.05) is 12.8 Å². The van der Waals surface area contributed by atoms with Crippen LogP contribution in [0.5, 0.6) is 0 Å². The Bertz CT molecular complexity index is 1170. The molecule has 2 fully saturated rings. The molecule has 0 amide bonds. The highest BCUT2D eigenvalue weighted by Crippen LogP contribution is 2.42. The van der Waals surface area contributed by atoms with Crippen molar-refractivity contribution < 1.29 is 27.6 Å². The summed E-state index contributed by atoms with van der Waals surface area (Å²) in [6.45, 7) is 3.18. The fraction of sp³-hybridized carbons (Fsp3) is 0.474. The molecule has 2 saturated heterocycles. The molecule has 1 aromatic carbocycles. The first-order valence-corrected chi connectivity index (χ1v) is 10.1. The number of halogens is 3. The Labute approximate surface area is 177 Å². The second-order valence-electron chi connectivity index (χ2n) is 7.36. The molecule has 31 heavy (non-hydrogen) atoms. The van der Waals surface area contributed by atoms with Crippen molar-refractivity contribution in [3.8, 4) is 12.3 Å². The van der Waals surface area contributed by atoms with E-state index in [9.17, 15) is 28.1 Å². The number of anilines is 1. The van der Waals surface area contributed by atoms with Crippen molar-refractivity contribution in [3.05, 3.63) is 37.7 Å². The first kappa shape index (κ1) is 21.5. The third-order valence-corrected chi connectivity index (χ3v) is 6.45. The van der Waals surface area contributed by atoms with Crippen LogP contribution in [0, 0.1) is 22.5 Å². The predicted octanol–water partition coefficient (Wildman–Crippen LogP) is 3.30. The minimum absolute atomic E-state index is 0.0333. The van der Waals surface area contributed by atoms with Crippen molar-refractivity contribution in [1.82, 2.24) is 4.98 Å². The molecule has 4 rings (SSSR count). The number of nitrogens with zero attached hydrogens (tertiary/aromatic N) is 3. The highest BCUT2D eigenvalue weighted by atomic mass is 32.1. The summed E-state index contributed by atoms with van der Waals surface area (Å²) in [6, 6.07) is 0.379. The summed E-state index contributed by atoms with van der Waals surface area (Å²) >= 11 is 0.771. The zero-order valence-electron chi connectivity index (χ0n) is 16.2. The molecule has 0 N–H and O–H groups in total. The standard InChI is InChI=1S/C19H16F3N3O5S/c1-3-11-12(19(20,21)22)8-13(25(27)28)15-14(11)16(26)23-17(31-15)24-6-4-18(5-7-24)29-9-10(2)30-18/h1,8,10H,4-7,9H2,2H3. The first-order chi connectivity index (χ1) is 14.5. The maximum absolute atomic E-state index is 13.4. The summed E-state index contributed by atoms with van der Waals surface area (Å²) in [4.78, 5) is 28.9. The van der Waals surface area contributed by atoms with Gasteiger partial charge in [-0.15, -0.1) is 6.42 Å². The molecule has 0 radical (unpaired) electrons. The van der Waals surface area contributed by atoms with Crippen LogP contribution >= 0.6 is 11.3 Å². The number of nitro groups is 1. The number of hydrogen-bond acceptors (Lipinski definition) is 8. The molecule has 0 aliphatic carbocycles. The number of nitro benzene ring substituents is 1. The van der Waals surface area contributed by atoms with Crippen molar-refractivity contribution in [2.75, 3.05) is 24.6 Å². The number of hydrogen-bond donors (Lipinski definition) is 0.